The van der Waals surface area contributed by atoms with E-state index in [1.165, 1.54) is 0 Å². The number of likely N-dealkylation sites (tertiary alicyclic amines) is 1. The highest BCUT2D eigenvalue weighted by atomic mass is 16.5. The summed E-state index contributed by atoms with van der Waals surface area (Å²) in [5, 5.41) is 11.3. The van der Waals surface area contributed by atoms with E-state index in [2.05, 4.69) is 11.8 Å². The maximum atomic E-state index is 13.3. The van der Waals surface area contributed by atoms with Gasteiger partial charge < -0.3 is 24.2 Å². The Hall–Kier alpha value is -3.36. The largest absolute Gasteiger partial charge is 0.507 e. The second kappa shape index (κ2) is 12.1. The van der Waals surface area contributed by atoms with Crippen LogP contribution < -0.4 is 9.47 Å². The van der Waals surface area contributed by atoms with Crippen LogP contribution in [0.4, 0.5) is 0 Å². The van der Waals surface area contributed by atoms with Crippen LogP contribution >= 0.6 is 0 Å². The number of methoxy groups -OCH3 is 1. The lowest BCUT2D eigenvalue weighted by Gasteiger charge is -2.31. The van der Waals surface area contributed by atoms with Gasteiger partial charge >= 0.3 is 0 Å². The molecule has 2 aromatic rings. The number of unbranched alkanes of at least 4 members (excludes halogenated alkanes) is 1. The summed E-state index contributed by atoms with van der Waals surface area (Å²) in [5.74, 6) is -0.228. The van der Waals surface area contributed by atoms with Crippen LogP contribution in [0.2, 0.25) is 0 Å². The normalized spacial score (nSPS) is 20.1. The van der Waals surface area contributed by atoms with E-state index in [1.807, 2.05) is 18.2 Å². The van der Waals surface area contributed by atoms with E-state index < -0.39 is 17.7 Å². The fourth-order valence-corrected chi connectivity index (χ4v) is 4.54. The molecule has 2 aromatic carbocycles. The summed E-state index contributed by atoms with van der Waals surface area (Å²) in [6, 6.07) is 13.5. The van der Waals surface area contributed by atoms with Gasteiger partial charge in [0.1, 0.15) is 17.3 Å². The smallest absolute Gasteiger partial charge is 0.295 e. The molecule has 0 aliphatic carbocycles. The first-order valence-corrected chi connectivity index (χ1v) is 12.5. The zero-order chi connectivity index (χ0) is 25.5. The topological polar surface area (TPSA) is 88.5 Å². The van der Waals surface area contributed by atoms with Crippen molar-refractivity contribution in [3.05, 3.63) is 65.2 Å². The highest BCUT2D eigenvalue weighted by molar-refractivity contribution is 6.46. The molecular weight excluding hydrogens is 460 g/mol. The minimum absolute atomic E-state index is 0.0813. The number of hydrogen-bond donors (Lipinski definition) is 1. The van der Waals surface area contributed by atoms with Crippen molar-refractivity contribution < 1.29 is 28.9 Å². The fourth-order valence-electron chi connectivity index (χ4n) is 4.54. The summed E-state index contributed by atoms with van der Waals surface area (Å²) in [7, 11) is 1.58. The number of aliphatic hydroxyl groups excluding tert-OH is 1. The Labute approximate surface area is 212 Å². The summed E-state index contributed by atoms with van der Waals surface area (Å²) in [4.78, 5) is 30.3. The second-order valence-corrected chi connectivity index (χ2v) is 8.95. The number of carbonyl (C=O) groups is 2. The quantitative estimate of drug-likeness (QED) is 0.234. The molecule has 8 heteroatoms. The van der Waals surface area contributed by atoms with Gasteiger partial charge in [0.2, 0.25) is 0 Å². The molecule has 192 valence electrons. The number of amides is 1. The van der Waals surface area contributed by atoms with E-state index in [0.29, 0.717) is 50.0 Å². The van der Waals surface area contributed by atoms with Gasteiger partial charge in [0.05, 0.1) is 38.5 Å². The molecule has 0 aromatic heterocycles. The van der Waals surface area contributed by atoms with Gasteiger partial charge in [0.15, 0.2) is 0 Å². The second-order valence-electron chi connectivity index (χ2n) is 8.95. The molecule has 0 saturated carbocycles. The first-order chi connectivity index (χ1) is 17.5. The van der Waals surface area contributed by atoms with Crippen molar-refractivity contribution in [1.82, 2.24) is 9.80 Å². The lowest BCUT2D eigenvalue weighted by atomic mass is 9.95. The van der Waals surface area contributed by atoms with Gasteiger partial charge in [0.25, 0.3) is 11.7 Å². The third kappa shape index (κ3) is 5.71. The van der Waals surface area contributed by atoms with Crippen LogP contribution in [0, 0.1) is 0 Å². The fraction of sp³-hybridized carbons (Fsp3) is 0.429. The Morgan fingerprint density at radius 2 is 1.81 bits per heavy atom. The summed E-state index contributed by atoms with van der Waals surface area (Å²) in [5.41, 5.74) is 1.25. The third-order valence-corrected chi connectivity index (χ3v) is 6.61. The average Bonchev–Trinajstić information content (AvgIpc) is 3.17. The van der Waals surface area contributed by atoms with Crippen molar-refractivity contribution in [2.24, 2.45) is 0 Å². The molecular formula is C28H34N2O6. The van der Waals surface area contributed by atoms with Gasteiger partial charge in [-0.05, 0) is 36.2 Å². The van der Waals surface area contributed by atoms with Crippen molar-refractivity contribution in [1.29, 1.82) is 0 Å². The van der Waals surface area contributed by atoms with Crippen LogP contribution in [0.25, 0.3) is 5.76 Å². The van der Waals surface area contributed by atoms with E-state index in [-0.39, 0.29) is 11.3 Å². The van der Waals surface area contributed by atoms with Gasteiger partial charge in [-0.15, -0.1) is 0 Å². The number of benzene rings is 2. The molecule has 4 rings (SSSR count). The molecule has 0 bridgehead atoms. The van der Waals surface area contributed by atoms with E-state index >= 15 is 0 Å². The molecule has 2 fully saturated rings. The van der Waals surface area contributed by atoms with Crippen LogP contribution in [-0.4, -0.2) is 79.7 Å². The molecule has 1 atom stereocenters. The molecule has 36 heavy (non-hydrogen) atoms. The van der Waals surface area contributed by atoms with E-state index in [1.54, 1.807) is 42.3 Å². The number of carbonyl (C=O) groups excluding carboxylic acids is 2. The van der Waals surface area contributed by atoms with Gasteiger partial charge in [-0.2, -0.15) is 0 Å². The first kappa shape index (κ1) is 25.7. The standard InChI is InChI=1S/C28H34N2O6/c1-3-4-16-36-23-7-5-6-21(19-23)26(31)24-25(20-8-10-22(34-2)11-9-20)30(28(33)27(24)32)13-12-29-14-17-35-18-15-29/h5-11,19,25,31H,3-4,12-18H2,1-2H3/b26-24+. The van der Waals surface area contributed by atoms with Crippen molar-refractivity contribution in [3.8, 4) is 11.5 Å². The summed E-state index contributed by atoms with van der Waals surface area (Å²) in [6.45, 7) is 6.49. The number of ketones is 1. The lowest BCUT2D eigenvalue weighted by Crippen LogP contribution is -2.42. The van der Waals surface area contributed by atoms with Crippen LogP contribution in [0.3, 0.4) is 0 Å². The number of nitrogens with zero attached hydrogens (tertiary/aromatic N) is 2. The van der Waals surface area contributed by atoms with Crippen LogP contribution in [-0.2, 0) is 14.3 Å². The minimum Gasteiger partial charge on any atom is -0.507 e. The predicted octanol–water partition coefficient (Wildman–Crippen LogP) is 3.63. The monoisotopic (exact) mass is 494 g/mol. The molecule has 1 N–H and O–H groups in total. The Balaban J connectivity index is 1.69. The van der Waals surface area contributed by atoms with Crippen LogP contribution in [0.1, 0.15) is 36.9 Å². The Morgan fingerprint density at radius 1 is 1.06 bits per heavy atom. The molecule has 1 unspecified atom stereocenters. The Kier molecular flexibility index (Phi) is 8.61. The third-order valence-electron chi connectivity index (χ3n) is 6.61. The molecule has 0 spiro atoms. The van der Waals surface area contributed by atoms with Gasteiger partial charge in [-0.3, -0.25) is 14.5 Å². The SMILES string of the molecule is CCCCOc1cccc(/C(O)=C2\C(=O)C(=O)N(CCN3CCOCC3)C2c2ccc(OC)cc2)c1. The van der Waals surface area contributed by atoms with Gasteiger partial charge in [-0.1, -0.05) is 37.6 Å². The number of hydrogen-bond acceptors (Lipinski definition) is 7. The molecule has 2 heterocycles. The molecule has 2 aliphatic rings. The lowest BCUT2D eigenvalue weighted by molar-refractivity contribution is -0.140. The number of morpholine rings is 1. The van der Waals surface area contributed by atoms with Crippen LogP contribution in [0.5, 0.6) is 11.5 Å². The number of aliphatic hydroxyl groups is 1. The van der Waals surface area contributed by atoms with E-state index in [9.17, 15) is 14.7 Å². The Morgan fingerprint density at radius 3 is 2.50 bits per heavy atom. The minimum atomic E-state index is -0.707. The van der Waals surface area contributed by atoms with Crippen LogP contribution in [0.15, 0.2) is 54.1 Å². The van der Waals surface area contributed by atoms with E-state index in [4.69, 9.17) is 14.2 Å². The molecule has 8 nitrogen and oxygen atoms in total. The molecule has 0 radical (unpaired) electrons. The maximum absolute atomic E-state index is 13.3. The predicted molar refractivity (Wildman–Crippen MR) is 136 cm³/mol. The maximum Gasteiger partial charge on any atom is 0.295 e. The number of ether oxygens (including phenoxy) is 3. The first-order valence-electron chi connectivity index (χ1n) is 12.5. The number of rotatable bonds is 10. The summed E-state index contributed by atoms with van der Waals surface area (Å²) >= 11 is 0. The summed E-state index contributed by atoms with van der Waals surface area (Å²) in [6.07, 6.45) is 1.93. The van der Waals surface area contributed by atoms with Crippen molar-refractivity contribution in [2.45, 2.75) is 25.8 Å². The highest BCUT2D eigenvalue weighted by Gasteiger charge is 2.46. The summed E-state index contributed by atoms with van der Waals surface area (Å²) < 4.78 is 16.5. The highest BCUT2D eigenvalue weighted by Crippen LogP contribution is 2.40. The van der Waals surface area contributed by atoms with Crippen molar-refractivity contribution in [2.75, 3.05) is 53.1 Å². The molecule has 2 saturated heterocycles. The molecule has 1 amide bonds. The number of Topliss-reactive ketones (excluding diaryl/α,β-unsaturated/α-hetero) is 1. The van der Waals surface area contributed by atoms with Gasteiger partial charge in [0, 0.05) is 31.7 Å². The molecule has 2 aliphatic heterocycles. The zero-order valence-corrected chi connectivity index (χ0v) is 20.9. The van der Waals surface area contributed by atoms with E-state index in [0.717, 1.165) is 31.5 Å². The van der Waals surface area contributed by atoms with Crippen molar-refractivity contribution in [3.63, 3.8) is 0 Å². The average molecular weight is 495 g/mol. The Bertz CT molecular complexity index is 1090. The van der Waals surface area contributed by atoms with Crippen molar-refractivity contribution >= 4 is 17.4 Å². The van der Waals surface area contributed by atoms with Gasteiger partial charge in [-0.25, -0.2) is 0 Å². The zero-order valence-electron chi connectivity index (χ0n) is 20.9.